The molecule has 154 valence electrons. The molecular weight excluding hydrogens is 404 g/mol. The Bertz CT molecular complexity index is 1200. The molecule has 0 spiro atoms. The number of nitrogens with zero attached hydrogens (tertiary/aromatic N) is 3. The lowest BCUT2D eigenvalue weighted by molar-refractivity contribution is 0.340. The molecule has 0 radical (unpaired) electrons. The largest absolute Gasteiger partial charge is 0.494 e. The zero-order chi connectivity index (χ0) is 20.9. The van der Waals surface area contributed by atoms with Crippen molar-refractivity contribution in [2.45, 2.75) is 20.0 Å². The van der Waals surface area contributed by atoms with E-state index in [-0.39, 0.29) is 5.56 Å². The summed E-state index contributed by atoms with van der Waals surface area (Å²) in [6.45, 7) is 3.51. The van der Waals surface area contributed by atoms with Crippen molar-refractivity contribution < 1.29 is 4.74 Å². The van der Waals surface area contributed by atoms with Crippen LogP contribution >= 0.6 is 11.6 Å². The molecule has 0 saturated heterocycles. The highest BCUT2D eigenvalue weighted by Crippen LogP contribution is 2.16. The van der Waals surface area contributed by atoms with Gasteiger partial charge in [-0.1, -0.05) is 29.8 Å². The molecule has 2 aromatic carbocycles. The highest BCUT2D eigenvalue weighted by atomic mass is 35.5. The number of ether oxygens (including phenoxy) is 1. The second kappa shape index (κ2) is 8.87. The predicted molar refractivity (Wildman–Crippen MR) is 117 cm³/mol. The van der Waals surface area contributed by atoms with Crippen molar-refractivity contribution in [2.24, 2.45) is 0 Å². The molecule has 9 heteroatoms. The minimum absolute atomic E-state index is 0.232. The van der Waals surface area contributed by atoms with Gasteiger partial charge in [0.1, 0.15) is 5.75 Å². The van der Waals surface area contributed by atoms with Crippen LogP contribution in [0.25, 0.3) is 5.78 Å². The van der Waals surface area contributed by atoms with Gasteiger partial charge in [0.15, 0.2) is 0 Å². The number of hydrogen-bond acceptors (Lipinski definition) is 6. The van der Waals surface area contributed by atoms with Gasteiger partial charge in [0, 0.05) is 23.3 Å². The summed E-state index contributed by atoms with van der Waals surface area (Å²) in [6.07, 6.45) is 0. The molecule has 0 fully saturated rings. The fraction of sp³-hybridized carbons (Fsp3) is 0.190. The molecule has 0 aliphatic carbocycles. The molecule has 0 saturated carbocycles. The van der Waals surface area contributed by atoms with E-state index in [1.165, 1.54) is 10.6 Å². The molecule has 0 aliphatic heterocycles. The number of nitrogens with one attached hydrogen (secondary N) is 3. The Morgan fingerprint density at radius 1 is 1.07 bits per heavy atom. The first-order valence-electron chi connectivity index (χ1n) is 9.54. The van der Waals surface area contributed by atoms with E-state index in [1.54, 1.807) is 6.07 Å². The highest BCUT2D eigenvalue weighted by Gasteiger charge is 2.08. The van der Waals surface area contributed by atoms with E-state index in [9.17, 15) is 4.79 Å². The number of rotatable bonds is 8. The van der Waals surface area contributed by atoms with Crippen molar-refractivity contribution in [2.75, 3.05) is 17.2 Å². The van der Waals surface area contributed by atoms with Crippen LogP contribution in [0.2, 0.25) is 5.02 Å². The molecule has 0 aliphatic rings. The van der Waals surface area contributed by atoms with Crippen LogP contribution in [0.5, 0.6) is 5.75 Å². The van der Waals surface area contributed by atoms with Gasteiger partial charge in [-0.2, -0.15) is 9.50 Å². The topological polar surface area (TPSA) is 96.3 Å². The molecule has 4 aromatic rings. The molecule has 2 aromatic heterocycles. The normalized spacial score (nSPS) is 10.9. The third-order valence-corrected chi connectivity index (χ3v) is 4.61. The van der Waals surface area contributed by atoms with E-state index >= 15 is 0 Å². The minimum atomic E-state index is -0.232. The summed E-state index contributed by atoms with van der Waals surface area (Å²) in [4.78, 5) is 21.2. The van der Waals surface area contributed by atoms with Gasteiger partial charge in [-0.3, -0.25) is 9.89 Å². The lowest BCUT2D eigenvalue weighted by atomic mass is 10.2. The summed E-state index contributed by atoms with van der Waals surface area (Å²) in [7, 11) is 0. The van der Waals surface area contributed by atoms with Crippen molar-refractivity contribution >= 4 is 29.0 Å². The van der Waals surface area contributed by atoms with Gasteiger partial charge in [-0.25, -0.2) is 4.98 Å². The van der Waals surface area contributed by atoms with Crippen LogP contribution in [0.3, 0.4) is 0 Å². The molecule has 8 nitrogen and oxygen atoms in total. The van der Waals surface area contributed by atoms with E-state index in [1.807, 2.05) is 49.4 Å². The fourth-order valence-electron chi connectivity index (χ4n) is 2.94. The van der Waals surface area contributed by atoms with Crippen LogP contribution in [-0.4, -0.2) is 26.2 Å². The van der Waals surface area contributed by atoms with E-state index in [2.05, 4.69) is 25.7 Å². The third kappa shape index (κ3) is 4.72. The summed E-state index contributed by atoms with van der Waals surface area (Å²) < 4.78 is 6.75. The molecule has 0 unspecified atom stereocenters. The van der Waals surface area contributed by atoms with Gasteiger partial charge in [-0.05, 0) is 42.8 Å². The van der Waals surface area contributed by atoms with Gasteiger partial charge in [0.2, 0.25) is 5.95 Å². The molecule has 30 heavy (non-hydrogen) atoms. The first-order chi connectivity index (χ1) is 14.6. The minimum Gasteiger partial charge on any atom is -0.494 e. The Morgan fingerprint density at radius 2 is 1.90 bits per heavy atom. The van der Waals surface area contributed by atoms with Crippen molar-refractivity contribution in [3.63, 3.8) is 0 Å². The lowest BCUT2D eigenvalue weighted by Gasteiger charge is -2.05. The average molecular weight is 425 g/mol. The maximum atomic E-state index is 12.4. The number of H-pyrrole nitrogens is 1. The van der Waals surface area contributed by atoms with E-state index in [0.717, 1.165) is 17.0 Å². The van der Waals surface area contributed by atoms with Crippen molar-refractivity contribution in [1.82, 2.24) is 19.6 Å². The van der Waals surface area contributed by atoms with Crippen LogP contribution in [0.15, 0.2) is 59.4 Å². The Labute approximate surface area is 177 Å². The predicted octanol–water partition coefficient (Wildman–Crippen LogP) is 3.69. The fourth-order valence-corrected chi connectivity index (χ4v) is 3.13. The molecule has 2 heterocycles. The zero-order valence-corrected chi connectivity index (χ0v) is 17.1. The second-order valence-corrected chi connectivity index (χ2v) is 7.02. The number of hydrogen-bond donors (Lipinski definition) is 3. The summed E-state index contributed by atoms with van der Waals surface area (Å²) in [5.74, 6) is 1.60. The van der Waals surface area contributed by atoms with Crippen LogP contribution in [-0.2, 0) is 13.1 Å². The Morgan fingerprint density at radius 3 is 2.67 bits per heavy atom. The zero-order valence-electron chi connectivity index (χ0n) is 16.4. The summed E-state index contributed by atoms with van der Waals surface area (Å²) in [5, 5.41) is 9.95. The monoisotopic (exact) mass is 424 g/mol. The molecule has 3 N–H and O–H groups in total. The van der Waals surface area contributed by atoms with Crippen molar-refractivity contribution in [3.8, 4) is 5.75 Å². The van der Waals surface area contributed by atoms with E-state index in [0.29, 0.717) is 42.1 Å². The number of fused-ring (bicyclic) bond motifs is 1. The summed E-state index contributed by atoms with van der Waals surface area (Å²) in [5.41, 5.74) is 2.27. The molecule has 0 atom stereocenters. The number of anilines is 2. The summed E-state index contributed by atoms with van der Waals surface area (Å²) >= 11 is 5.99. The number of benzene rings is 2. The quantitative estimate of drug-likeness (QED) is 0.399. The Hall–Kier alpha value is -3.52. The molecule has 4 rings (SSSR count). The van der Waals surface area contributed by atoms with Crippen molar-refractivity contribution in [3.05, 3.63) is 81.2 Å². The van der Waals surface area contributed by atoms with Gasteiger partial charge < -0.3 is 15.4 Å². The lowest BCUT2D eigenvalue weighted by Crippen LogP contribution is -2.17. The first kappa shape index (κ1) is 19.8. The van der Waals surface area contributed by atoms with Gasteiger partial charge >= 0.3 is 0 Å². The van der Waals surface area contributed by atoms with Crippen LogP contribution in [0.4, 0.5) is 11.6 Å². The van der Waals surface area contributed by atoms with Crippen LogP contribution in [0, 0.1) is 0 Å². The van der Waals surface area contributed by atoms with Crippen molar-refractivity contribution in [1.29, 1.82) is 0 Å². The maximum absolute atomic E-state index is 12.4. The summed E-state index contributed by atoms with van der Waals surface area (Å²) in [6, 6.07) is 16.6. The van der Waals surface area contributed by atoms with E-state index in [4.69, 9.17) is 16.3 Å². The van der Waals surface area contributed by atoms with Gasteiger partial charge in [0.25, 0.3) is 11.3 Å². The van der Waals surface area contributed by atoms with Gasteiger partial charge in [-0.15, -0.1) is 0 Å². The standard InChI is InChI=1S/C21H21ClN6O2/c1-2-30-18-8-6-14(7-9-18)12-24-20-26-21-25-17(11-19(29)28(21)27-20)13-23-16-5-3-4-15(22)10-16/h3-11,23H,2,12-13H2,1H3,(H2,24,25,26,27). The maximum Gasteiger partial charge on any atom is 0.274 e. The number of halogens is 1. The van der Waals surface area contributed by atoms with Crippen LogP contribution < -0.4 is 20.9 Å². The molecule has 0 amide bonds. The Kier molecular flexibility index (Phi) is 5.85. The molecular formula is C21H21ClN6O2. The first-order valence-corrected chi connectivity index (χ1v) is 9.92. The number of aromatic amines is 1. The third-order valence-electron chi connectivity index (χ3n) is 4.38. The van der Waals surface area contributed by atoms with E-state index < -0.39 is 0 Å². The SMILES string of the molecule is CCOc1ccc(CNc2nc3nc(CNc4cccc(Cl)c4)cc(=O)n3[nH]2)cc1. The molecule has 0 bridgehead atoms. The number of aromatic nitrogens is 4. The van der Waals surface area contributed by atoms with Gasteiger partial charge in [0.05, 0.1) is 18.8 Å². The second-order valence-electron chi connectivity index (χ2n) is 6.59. The average Bonchev–Trinajstić information content (AvgIpc) is 3.16. The Balaban J connectivity index is 1.44. The highest BCUT2D eigenvalue weighted by molar-refractivity contribution is 6.30. The smallest absolute Gasteiger partial charge is 0.274 e. The van der Waals surface area contributed by atoms with Crippen LogP contribution in [0.1, 0.15) is 18.2 Å².